The van der Waals surface area contributed by atoms with Crippen LogP contribution in [0.1, 0.15) is 39.0 Å². The number of benzene rings is 4. The van der Waals surface area contributed by atoms with E-state index in [1.54, 1.807) is 17.0 Å². The van der Waals surface area contributed by atoms with E-state index in [1.807, 2.05) is 86.6 Å². The van der Waals surface area contributed by atoms with Gasteiger partial charge in [-0.3, -0.25) is 9.59 Å². The molecule has 5 rings (SSSR count). The van der Waals surface area contributed by atoms with Crippen molar-refractivity contribution >= 4 is 28.2 Å². The molecular weight excluding hydrogens is 410 g/mol. The topological polar surface area (TPSA) is 57.6 Å². The second kappa shape index (κ2) is 7.98. The molecule has 0 unspecified atom stereocenters. The highest BCUT2D eigenvalue weighted by atomic mass is 16.3. The van der Waals surface area contributed by atoms with Gasteiger partial charge in [0.05, 0.1) is 18.7 Å². The Balaban J connectivity index is 1.53. The number of aryl methyl sites for hydroxylation is 2. The summed E-state index contributed by atoms with van der Waals surface area (Å²) in [5.41, 5.74) is 2.56. The number of carbonyl (C=O) groups is 2. The van der Waals surface area contributed by atoms with Crippen LogP contribution in [-0.2, 0) is 16.9 Å². The zero-order chi connectivity index (χ0) is 23.2. The van der Waals surface area contributed by atoms with Gasteiger partial charge >= 0.3 is 0 Å². The van der Waals surface area contributed by atoms with Crippen molar-refractivity contribution < 1.29 is 14.7 Å². The van der Waals surface area contributed by atoms with Crippen molar-refractivity contribution in [2.24, 2.45) is 0 Å². The van der Waals surface area contributed by atoms with Gasteiger partial charge in [-0.1, -0.05) is 78.4 Å². The molecule has 4 aromatic carbocycles. The maximum atomic E-state index is 13.7. The molecule has 1 N–H and O–H groups in total. The van der Waals surface area contributed by atoms with E-state index in [9.17, 15) is 14.7 Å². The van der Waals surface area contributed by atoms with E-state index in [1.165, 1.54) is 0 Å². The third-order valence-corrected chi connectivity index (χ3v) is 6.56. The molecule has 0 fully saturated rings. The van der Waals surface area contributed by atoms with Crippen molar-refractivity contribution in [3.05, 3.63) is 113 Å². The highest BCUT2D eigenvalue weighted by molar-refractivity contribution is 6.11. The molecule has 4 nitrogen and oxygen atoms in total. The van der Waals surface area contributed by atoms with E-state index in [0.717, 1.165) is 27.5 Å². The molecule has 0 bridgehead atoms. The predicted octanol–water partition coefficient (Wildman–Crippen LogP) is 5.46. The molecule has 1 aliphatic rings. The van der Waals surface area contributed by atoms with Crippen LogP contribution in [0.4, 0.5) is 5.69 Å². The highest BCUT2D eigenvalue weighted by Gasteiger charge is 2.50. The van der Waals surface area contributed by atoms with Crippen LogP contribution in [-0.4, -0.2) is 16.8 Å². The van der Waals surface area contributed by atoms with E-state index in [2.05, 4.69) is 0 Å². The Kier molecular flexibility index (Phi) is 5.10. The molecule has 4 aromatic rings. The number of amides is 1. The first-order valence-corrected chi connectivity index (χ1v) is 11.1. The summed E-state index contributed by atoms with van der Waals surface area (Å²) < 4.78 is 0. The fourth-order valence-electron chi connectivity index (χ4n) is 4.80. The summed E-state index contributed by atoms with van der Waals surface area (Å²) in [6.45, 7) is 4.11. The highest BCUT2D eigenvalue weighted by Crippen LogP contribution is 2.44. The molecule has 1 heterocycles. The van der Waals surface area contributed by atoms with Crippen LogP contribution in [0, 0.1) is 13.8 Å². The number of aliphatic hydroxyl groups is 1. The van der Waals surface area contributed by atoms with Gasteiger partial charge in [-0.05, 0) is 47.9 Å². The van der Waals surface area contributed by atoms with Crippen LogP contribution in [0.25, 0.3) is 10.8 Å². The molecule has 0 saturated carbocycles. The standard InChI is InChI=1S/C29H25NO3/c1-19-14-15-20(2)24(16-19)27(31)17-29(33)25-12-5-6-13-26(25)30(28(29)32)18-22-10-7-9-21-8-3-4-11-23(21)22/h3-16,33H,17-18H2,1-2H3/t29-/m0/s1. The Labute approximate surface area is 193 Å². The number of ketones is 1. The summed E-state index contributed by atoms with van der Waals surface area (Å²) in [5.74, 6) is -0.704. The number of Topliss-reactive ketones (excluding diaryl/α,β-unsaturated/α-hetero) is 1. The van der Waals surface area contributed by atoms with Crippen LogP contribution < -0.4 is 4.90 Å². The molecule has 1 amide bonds. The number of para-hydroxylation sites is 1. The second-order valence-electron chi connectivity index (χ2n) is 8.83. The number of carbonyl (C=O) groups excluding carboxylic acids is 2. The second-order valence-corrected chi connectivity index (χ2v) is 8.83. The lowest BCUT2D eigenvalue weighted by Gasteiger charge is -2.23. The van der Waals surface area contributed by atoms with Gasteiger partial charge in [0, 0.05) is 11.1 Å². The summed E-state index contributed by atoms with van der Waals surface area (Å²) in [6, 6.07) is 26.9. The lowest BCUT2D eigenvalue weighted by atomic mass is 9.87. The Bertz CT molecular complexity index is 1400. The van der Waals surface area contributed by atoms with Crippen LogP contribution in [0.15, 0.2) is 84.9 Å². The molecule has 0 aromatic heterocycles. The van der Waals surface area contributed by atoms with Crippen LogP contribution in [0.2, 0.25) is 0 Å². The molecule has 33 heavy (non-hydrogen) atoms. The number of rotatable bonds is 5. The van der Waals surface area contributed by atoms with Gasteiger partial charge in [0.1, 0.15) is 0 Å². The fraction of sp³-hybridized carbons (Fsp3) is 0.172. The van der Waals surface area contributed by atoms with E-state index < -0.39 is 11.5 Å². The molecule has 4 heteroatoms. The first-order valence-electron chi connectivity index (χ1n) is 11.1. The summed E-state index contributed by atoms with van der Waals surface area (Å²) in [4.78, 5) is 28.5. The average molecular weight is 436 g/mol. The quantitative estimate of drug-likeness (QED) is 0.423. The summed E-state index contributed by atoms with van der Waals surface area (Å²) in [7, 11) is 0. The maximum absolute atomic E-state index is 13.7. The largest absolute Gasteiger partial charge is 0.375 e. The normalized spacial score (nSPS) is 17.4. The molecule has 1 aliphatic heterocycles. The maximum Gasteiger partial charge on any atom is 0.264 e. The molecular formula is C29H25NO3. The van der Waals surface area contributed by atoms with E-state index >= 15 is 0 Å². The Morgan fingerprint density at radius 1 is 0.909 bits per heavy atom. The molecule has 1 atom stereocenters. The van der Waals surface area contributed by atoms with Crippen molar-refractivity contribution in [2.45, 2.75) is 32.4 Å². The summed E-state index contributed by atoms with van der Waals surface area (Å²) in [5, 5.41) is 13.8. The first-order chi connectivity index (χ1) is 15.9. The minimum absolute atomic E-state index is 0.242. The van der Waals surface area contributed by atoms with Crippen molar-refractivity contribution in [3.63, 3.8) is 0 Å². The number of fused-ring (bicyclic) bond motifs is 2. The Morgan fingerprint density at radius 2 is 1.64 bits per heavy atom. The third-order valence-electron chi connectivity index (χ3n) is 6.56. The lowest BCUT2D eigenvalue weighted by Crippen LogP contribution is -2.41. The van der Waals surface area contributed by atoms with Gasteiger partial charge in [-0.2, -0.15) is 0 Å². The van der Waals surface area contributed by atoms with Gasteiger partial charge < -0.3 is 10.0 Å². The summed E-state index contributed by atoms with van der Waals surface area (Å²) >= 11 is 0. The number of hydrogen-bond acceptors (Lipinski definition) is 3. The van der Waals surface area contributed by atoms with Crippen molar-refractivity contribution in [1.82, 2.24) is 0 Å². The number of hydrogen-bond donors (Lipinski definition) is 1. The van der Waals surface area contributed by atoms with Crippen LogP contribution in [0.5, 0.6) is 0 Å². The van der Waals surface area contributed by atoms with E-state index in [-0.39, 0.29) is 12.2 Å². The van der Waals surface area contributed by atoms with Crippen LogP contribution >= 0.6 is 0 Å². The van der Waals surface area contributed by atoms with Crippen molar-refractivity contribution in [3.8, 4) is 0 Å². The van der Waals surface area contributed by atoms with Gasteiger partial charge in [-0.25, -0.2) is 0 Å². The van der Waals surface area contributed by atoms with E-state index in [4.69, 9.17) is 0 Å². The van der Waals surface area contributed by atoms with Gasteiger partial charge in [-0.15, -0.1) is 0 Å². The first kappa shape index (κ1) is 21.1. The molecule has 0 spiro atoms. The molecule has 0 aliphatic carbocycles. The molecule has 0 saturated heterocycles. The number of nitrogens with zero attached hydrogens (tertiary/aromatic N) is 1. The number of anilines is 1. The van der Waals surface area contributed by atoms with Crippen LogP contribution in [0.3, 0.4) is 0 Å². The lowest BCUT2D eigenvalue weighted by molar-refractivity contribution is -0.136. The fourth-order valence-corrected chi connectivity index (χ4v) is 4.80. The SMILES string of the molecule is Cc1ccc(C)c(C(=O)C[C@@]2(O)C(=O)N(Cc3cccc4ccccc34)c3ccccc32)c1. The zero-order valence-corrected chi connectivity index (χ0v) is 18.7. The minimum Gasteiger partial charge on any atom is -0.375 e. The third kappa shape index (κ3) is 3.53. The van der Waals surface area contributed by atoms with Gasteiger partial charge in [0.2, 0.25) is 0 Å². The van der Waals surface area contributed by atoms with Gasteiger partial charge in [0.25, 0.3) is 5.91 Å². The molecule has 164 valence electrons. The monoisotopic (exact) mass is 435 g/mol. The summed E-state index contributed by atoms with van der Waals surface area (Å²) in [6.07, 6.45) is -0.292. The minimum atomic E-state index is -1.89. The van der Waals surface area contributed by atoms with E-state index in [0.29, 0.717) is 23.4 Å². The Morgan fingerprint density at radius 3 is 2.48 bits per heavy atom. The van der Waals surface area contributed by atoms with Crippen molar-refractivity contribution in [1.29, 1.82) is 0 Å². The average Bonchev–Trinajstić information content (AvgIpc) is 3.02. The Hall–Kier alpha value is -3.76. The predicted molar refractivity (Wildman–Crippen MR) is 130 cm³/mol. The smallest absolute Gasteiger partial charge is 0.264 e. The van der Waals surface area contributed by atoms with Crippen molar-refractivity contribution in [2.75, 3.05) is 4.90 Å². The molecule has 0 radical (unpaired) electrons. The van der Waals surface area contributed by atoms with Gasteiger partial charge in [0.15, 0.2) is 11.4 Å². The zero-order valence-electron chi connectivity index (χ0n) is 18.7.